The van der Waals surface area contributed by atoms with E-state index in [1.165, 1.54) is 0 Å². The van der Waals surface area contributed by atoms with Crippen LogP contribution in [-0.2, 0) is 16.0 Å². The lowest BCUT2D eigenvalue weighted by Crippen LogP contribution is -2.29. The second-order valence-electron chi connectivity index (χ2n) is 3.57. The fourth-order valence-electron chi connectivity index (χ4n) is 1.29. The number of carboxylic acids is 1. The van der Waals surface area contributed by atoms with Gasteiger partial charge < -0.3 is 10.0 Å². The van der Waals surface area contributed by atoms with E-state index in [9.17, 15) is 9.59 Å². The number of hydrogen-bond donors (Lipinski definition) is 1. The molecule has 1 aromatic heterocycles. The Balaban J connectivity index is 2.28. The fourth-order valence-corrected chi connectivity index (χ4v) is 1.99. The van der Waals surface area contributed by atoms with Crippen LogP contribution in [0.2, 0.25) is 0 Å². The summed E-state index contributed by atoms with van der Waals surface area (Å²) in [6.45, 7) is 0.497. The van der Waals surface area contributed by atoms with Crippen molar-refractivity contribution in [3.8, 4) is 0 Å². The van der Waals surface area contributed by atoms with E-state index in [-0.39, 0.29) is 12.3 Å². The van der Waals surface area contributed by atoms with Gasteiger partial charge in [-0.2, -0.15) is 0 Å². The molecule has 88 valence electrons. The van der Waals surface area contributed by atoms with Gasteiger partial charge in [-0.25, -0.2) is 0 Å². The van der Waals surface area contributed by atoms with Crippen molar-refractivity contribution >= 4 is 23.2 Å². The second-order valence-corrected chi connectivity index (χ2v) is 4.60. The van der Waals surface area contributed by atoms with Crippen LogP contribution < -0.4 is 0 Å². The van der Waals surface area contributed by atoms with Crippen LogP contribution in [0.5, 0.6) is 0 Å². The zero-order chi connectivity index (χ0) is 12.0. The van der Waals surface area contributed by atoms with Crippen LogP contribution >= 0.6 is 11.3 Å². The Kier molecular flexibility index (Phi) is 4.98. The highest BCUT2D eigenvalue weighted by Gasteiger charge is 2.10. The molecule has 1 aromatic rings. The first-order chi connectivity index (χ1) is 7.59. The van der Waals surface area contributed by atoms with E-state index in [1.807, 2.05) is 17.5 Å². The summed E-state index contributed by atoms with van der Waals surface area (Å²) in [5, 5.41) is 10.4. The lowest BCUT2D eigenvalue weighted by molar-refractivity contribution is -0.137. The van der Waals surface area contributed by atoms with E-state index in [0.29, 0.717) is 19.4 Å². The number of aliphatic carboxylic acids is 1. The molecule has 0 saturated heterocycles. The quantitative estimate of drug-likeness (QED) is 0.823. The smallest absolute Gasteiger partial charge is 0.303 e. The summed E-state index contributed by atoms with van der Waals surface area (Å²) >= 11 is 1.56. The molecule has 0 aromatic carbocycles. The summed E-state index contributed by atoms with van der Waals surface area (Å²) in [4.78, 5) is 24.6. The van der Waals surface area contributed by atoms with Gasteiger partial charge in [0.2, 0.25) is 5.91 Å². The summed E-state index contributed by atoms with van der Waals surface area (Å²) in [5.74, 6) is -0.785. The lowest BCUT2D eigenvalue weighted by Gasteiger charge is -2.15. The van der Waals surface area contributed by atoms with E-state index < -0.39 is 5.97 Å². The minimum Gasteiger partial charge on any atom is -0.481 e. The van der Waals surface area contributed by atoms with Crippen molar-refractivity contribution in [2.75, 3.05) is 13.6 Å². The largest absolute Gasteiger partial charge is 0.481 e. The van der Waals surface area contributed by atoms with E-state index in [0.717, 1.165) is 4.88 Å². The molecule has 0 aliphatic carbocycles. The van der Waals surface area contributed by atoms with Crippen LogP contribution in [0.1, 0.15) is 17.7 Å². The van der Waals surface area contributed by atoms with Crippen molar-refractivity contribution in [2.24, 2.45) is 0 Å². The molecule has 5 heteroatoms. The molecule has 16 heavy (non-hydrogen) atoms. The molecule has 1 rings (SSSR count). The van der Waals surface area contributed by atoms with Crippen molar-refractivity contribution in [3.63, 3.8) is 0 Å². The second kappa shape index (κ2) is 6.27. The molecule has 0 fully saturated rings. The van der Waals surface area contributed by atoms with Crippen LogP contribution in [0.3, 0.4) is 0 Å². The predicted molar refractivity (Wildman–Crippen MR) is 62.5 cm³/mol. The SMILES string of the molecule is CN(CCCC(=O)O)C(=O)Cc1cccs1. The van der Waals surface area contributed by atoms with Crippen molar-refractivity contribution in [1.29, 1.82) is 0 Å². The Morgan fingerprint density at radius 1 is 1.50 bits per heavy atom. The number of carbonyl (C=O) groups is 2. The van der Waals surface area contributed by atoms with Gasteiger partial charge in [-0.3, -0.25) is 9.59 Å². The molecule has 0 bridgehead atoms. The van der Waals surface area contributed by atoms with Crippen LogP contribution in [0, 0.1) is 0 Å². The average molecular weight is 241 g/mol. The number of hydrogen-bond acceptors (Lipinski definition) is 3. The summed E-state index contributed by atoms with van der Waals surface area (Å²) in [6.07, 6.45) is 1.01. The molecule has 0 aliphatic rings. The topological polar surface area (TPSA) is 57.6 Å². The van der Waals surface area contributed by atoms with Gasteiger partial charge in [-0.1, -0.05) is 6.07 Å². The van der Waals surface area contributed by atoms with Gasteiger partial charge >= 0.3 is 5.97 Å². The molecule has 0 unspecified atom stereocenters. The molecule has 0 spiro atoms. The van der Waals surface area contributed by atoms with Gasteiger partial charge in [0, 0.05) is 24.9 Å². The minimum atomic E-state index is -0.820. The Hall–Kier alpha value is -1.36. The fraction of sp³-hybridized carbons (Fsp3) is 0.455. The van der Waals surface area contributed by atoms with Crippen molar-refractivity contribution < 1.29 is 14.7 Å². The Bertz CT molecular complexity index is 348. The number of nitrogens with zero attached hydrogens (tertiary/aromatic N) is 1. The Labute approximate surface area is 98.5 Å². The monoisotopic (exact) mass is 241 g/mol. The summed E-state index contributed by atoms with van der Waals surface area (Å²) in [6, 6.07) is 3.84. The molecule has 0 radical (unpaired) electrons. The van der Waals surface area contributed by atoms with E-state index in [1.54, 1.807) is 23.3 Å². The molecule has 0 atom stereocenters. The number of amides is 1. The molecule has 0 saturated carbocycles. The van der Waals surface area contributed by atoms with Crippen LogP contribution in [0.25, 0.3) is 0 Å². The highest BCUT2D eigenvalue weighted by Crippen LogP contribution is 2.10. The zero-order valence-corrected chi connectivity index (χ0v) is 10.00. The highest BCUT2D eigenvalue weighted by atomic mass is 32.1. The third-order valence-corrected chi connectivity index (χ3v) is 3.09. The van der Waals surface area contributed by atoms with Gasteiger partial charge in [-0.15, -0.1) is 11.3 Å². The summed E-state index contributed by atoms with van der Waals surface area (Å²) in [7, 11) is 1.71. The predicted octanol–water partition coefficient (Wildman–Crippen LogP) is 1.61. The van der Waals surface area contributed by atoms with Crippen LogP contribution in [0.4, 0.5) is 0 Å². The number of carbonyl (C=O) groups excluding carboxylic acids is 1. The number of likely N-dealkylation sites (N-methyl/N-ethyl adjacent to an activating group) is 1. The lowest BCUT2D eigenvalue weighted by atomic mass is 10.2. The molecule has 1 amide bonds. The van der Waals surface area contributed by atoms with E-state index in [2.05, 4.69) is 0 Å². The maximum atomic E-state index is 11.7. The number of rotatable bonds is 6. The van der Waals surface area contributed by atoms with Crippen LogP contribution in [-0.4, -0.2) is 35.5 Å². The number of carboxylic acid groups (broad SMARTS) is 1. The molecular formula is C11H15NO3S. The van der Waals surface area contributed by atoms with Gasteiger partial charge in [0.1, 0.15) is 0 Å². The van der Waals surface area contributed by atoms with Gasteiger partial charge in [-0.05, 0) is 17.9 Å². The molecule has 1 heterocycles. The Morgan fingerprint density at radius 2 is 2.25 bits per heavy atom. The van der Waals surface area contributed by atoms with Gasteiger partial charge in [0.15, 0.2) is 0 Å². The van der Waals surface area contributed by atoms with Crippen molar-refractivity contribution in [1.82, 2.24) is 4.90 Å². The first-order valence-corrected chi connectivity index (χ1v) is 5.95. The third-order valence-electron chi connectivity index (χ3n) is 2.22. The maximum absolute atomic E-state index is 11.7. The number of thiophene rings is 1. The van der Waals surface area contributed by atoms with E-state index in [4.69, 9.17) is 5.11 Å². The average Bonchev–Trinajstić information content (AvgIpc) is 2.69. The molecule has 0 aliphatic heterocycles. The molecular weight excluding hydrogens is 226 g/mol. The first-order valence-electron chi connectivity index (χ1n) is 5.07. The van der Waals surface area contributed by atoms with Crippen molar-refractivity contribution in [3.05, 3.63) is 22.4 Å². The summed E-state index contributed by atoms with van der Waals surface area (Å²) in [5.41, 5.74) is 0. The zero-order valence-electron chi connectivity index (χ0n) is 9.18. The molecule has 1 N–H and O–H groups in total. The van der Waals surface area contributed by atoms with Crippen LogP contribution in [0.15, 0.2) is 17.5 Å². The Morgan fingerprint density at radius 3 is 2.81 bits per heavy atom. The maximum Gasteiger partial charge on any atom is 0.303 e. The third kappa shape index (κ3) is 4.44. The van der Waals surface area contributed by atoms with Crippen molar-refractivity contribution in [2.45, 2.75) is 19.3 Å². The summed E-state index contributed by atoms with van der Waals surface area (Å²) < 4.78 is 0. The van der Waals surface area contributed by atoms with Gasteiger partial charge in [0.25, 0.3) is 0 Å². The van der Waals surface area contributed by atoms with E-state index >= 15 is 0 Å². The van der Waals surface area contributed by atoms with Gasteiger partial charge in [0.05, 0.1) is 6.42 Å². The highest BCUT2D eigenvalue weighted by molar-refractivity contribution is 7.10. The molecule has 4 nitrogen and oxygen atoms in total. The first kappa shape index (κ1) is 12.7. The standard InChI is InChI=1S/C11H15NO3S/c1-12(6-2-5-11(14)15)10(13)8-9-4-3-7-16-9/h3-4,7H,2,5-6,8H2,1H3,(H,14,15). The normalized spacial score (nSPS) is 10.1. The minimum absolute atomic E-state index is 0.0350.